The molecule has 0 bridgehead atoms. The van der Waals surface area contributed by atoms with Crippen molar-refractivity contribution in [2.75, 3.05) is 6.61 Å². The number of cyclic esters (lactones) is 1. The smallest absolute Gasteiger partial charge is 0.314 e. The lowest BCUT2D eigenvalue weighted by Gasteiger charge is -2.24. The molecule has 1 atom stereocenters. The van der Waals surface area contributed by atoms with Crippen molar-refractivity contribution in [2.24, 2.45) is 5.41 Å². The van der Waals surface area contributed by atoms with E-state index in [0.29, 0.717) is 12.8 Å². The third kappa shape index (κ3) is 1.03. The quantitative estimate of drug-likeness (QED) is 0.602. The van der Waals surface area contributed by atoms with Gasteiger partial charge in [0.15, 0.2) is 0 Å². The van der Waals surface area contributed by atoms with Gasteiger partial charge in [-0.3, -0.25) is 4.79 Å². The van der Waals surface area contributed by atoms with E-state index in [0.717, 1.165) is 0 Å². The van der Waals surface area contributed by atoms with E-state index in [1.54, 1.807) is 0 Å². The zero-order valence-corrected chi connectivity index (χ0v) is 6.96. The Labute approximate surface area is 66.4 Å². The highest BCUT2D eigenvalue weighted by Gasteiger charge is 2.48. The molecule has 3 heteroatoms. The lowest BCUT2D eigenvalue weighted by Crippen LogP contribution is -2.35. The van der Waals surface area contributed by atoms with Crippen LogP contribution in [0.15, 0.2) is 0 Å². The molecule has 0 radical (unpaired) electrons. The number of hydrogen-bond acceptors (Lipinski definition) is 3. The van der Waals surface area contributed by atoms with E-state index in [4.69, 9.17) is 4.74 Å². The molecule has 1 fully saturated rings. The number of aliphatic hydroxyl groups is 1. The summed E-state index contributed by atoms with van der Waals surface area (Å²) in [5.41, 5.74) is -0.611. The summed E-state index contributed by atoms with van der Waals surface area (Å²) in [5.74, 6) is -0.241. The van der Waals surface area contributed by atoms with E-state index in [-0.39, 0.29) is 12.6 Å². The van der Waals surface area contributed by atoms with Gasteiger partial charge in [-0.1, -0.05) is 13.8 Å². The van der Waals surface area contributed by atoms with Crippen molar-refractivity contribution in [3.05, 3.63) is 0 Å². The Kier molecular flexibility index (Phi) is 2.18. The third-order valence-electron chi connectivity index (χ3n) is 2.68. The van der Waals surface area contributed by atoms with E-state index in [1.165, 1.54) is 0 Å². The molecule has 1 heterocycles. The van der Waals surface area contributed by atoms with Crippen LogP contribution >= 0.6 is 0 Å². The minimum atomic E-state index is -0.611. The molecule has 0 spiro atoms. The largest absolute Gasteiger partial charge is 0.462 e. The number of carbonyl (C=O) groups excluding carboxylic acids is 1. The molecule has 0 aromatic carbocycles. The monoisotopic (exact) mass is 158 g/mol. The van der Waals surface area contributed by atoms with E-state index in [2.05, 4.69) is 0 Å². The molecular formula is C8H14O3. The van der Waals surface area contributed by atoms with Crippen molar-refractivity contribution in [1.29, 1.82) is 0 Å². The number of hydrogen-bond donors (Lipinski definition) is 1. The summed E-state index contributed by atoms with van der Waals surface area (Å²) < 4.78 is 4.77. The van der Waals surface area contributed by atoms with Gasteiger partial charge in [-0.05, 0) is 12.8 Å². The van der Waals surface area contributed by atoms with Gasteiger partial charge in [-0.15, -0.1) is 0 Å². The van der Waals surface area contributed by atoms with E-state index in [1.807, 2.05) is 13.8 Å². The van der Waals surface area contributed by atoms with Crippen LogP contribution in [0.5, 0.6) is 0 Å². The Morgan fingerprint density at radius 3 is 2.36 bits per heavy atom. The number of ether oxygens (including phenoxy) is 1. The zero-order chi connectivity index (χ0) is 8.48. The van der Waals surface area contributed by atoms with Gasteiger partial charge in [0.25, 0.3) is 0 Å². The Balaban J connectivity index is 2.85. The van der Waals surface area contributed by atoms with Crippen molar-refractivity contribution in [3.8, 4) is 0 Å². The predicted octanol–water partition coefficient (Wildman–Crippen LogP) is 0.710. The Hall–Kier alpha value is -0.570. The Bertz CT molecular complexity index is 161. The topological polar surface area (TPSA) is 46.5 Å². The van der Waals surface area contributed by atoms with Crippen LogP contribution in [0, 0.1) is 5.41 Å². The first kappa shape index (κ1) is 8.53. The van der Waals surface area contributed by atoms with Crippen molar-refractivity contribution < 1.29 is 14.6 Å². The second kappa shape index (κ2) is 2.81. The van der Waals surface area contributed by atoms with Crippen LogP contribution in [0.4, 0.5) is 0 Å². The molecule has 0 amide bonds. The normalized spacial score (nSPS) is 28.6. The van der Waals surface area contributed by atoms with E-state index < -0.39 is 11.5 Å². The maximum atomic E-state index is 11.2. The zero-order valence-electron chi connectivity index (χ0n) is 6.96. The second-order valence-corrected chi connectivity index (χ2v) is 2.98. The average molecular weight is 158 g/mol. The van der Waals surface area contributed by atoms with Crippen molar-refractivity contribution >= 4 is 5.97 Å². The molecule has 1 aliphatic heterocycles. The van der Waals surface area contributed by atoms with Gasteiger partial charge in [0, 0.05) is 0 Å². The molecular weight excluding hydrogens is 144 g/mol. The second-order valence-electron chi connectivity index (χ2n) is 2.98. The van der Waals surface area contributed by atoms with Gasteiger partial charge in [-0.25, -0.2) is 0 Å². The molecule has 1 saturated heterocycles. The van der Waals surface area contributed by atoms with Crippen molar-refractivity contribution in [2.45, 2.75) is 32.8 Å². The van der Waals surface area contributed by atoms with E-state index >= 15 is 0 Å². The lowest BCUT2D eigenvalue weighted by atomic mass is 9.79. The van der Waals surface area contributed by atoms with Gasteiger partial charge >= 0.3 is 5.97 Å². The summed E-state index contributed by atoms with van der Waals surface area (Å²) in [5, 5.41) is 9.46. The molecule has 11 heavy (non-hydrogen) atoms. The van der Waals surface area contributed by atoms with Crippen molar-refractivity contribution in [1.82, 2.24) is 0 Å². The molecule has 0 aromatic rings. The molecule has 1 rings (SSSR count). The Morgan fingerprint density at radius 2 is 2.18 bits per heavy atom. The van der Waals surface area contributed by atoms with Gasteiger partial charge in [0.2, 0.25) is 0 Å². The maximum Gasteiger partial charge on any atom is 0.314 e. The molecule has 0 aliphatic carbocycles. The first-order valence-corrected chi connectivity index (χ1v) is 4.02. The highest BCUT2D eigenvalue weighted by atomic mass is 16.6. The summed E-state index contributed by atoms with van der Waals surface area (Å²) in [4.78, 5) is 11.2. The fourth-order valence-corrected chi connectivity index (χ4v) is 1.60. The molecule has 1 aliphatic rings. The summed E-state index contributed by atoms with van der Waals surface area (Å²) >= 11 is 0. The Morgan fingerprint density at radius 1 is 1.64 bits per heavy atom. The number of esters is 1. The molecule has 1 N–H and O–H groups in total. The van der Waals surface area contributed by atoms with Crippen LogP contribution < -0.4 is 0 Å². The van der Waals surface area contributed by atoms with Crippen LogP contribution in [0.2, 0.25) is 0 Å². The van der Waals surface area contributed by atoms with Crippen LogP contribution in [-0.2, 0) is 9.53 Å². The molecule has 0 saturated carbocycles. The van der Waals surface area contributed by atoms with Gasteiger partial charge in [0.05, 0.1) is 5.41 Å². The summed E-state index contributed by atoms with van der Waals surface area (Å²) in [6.45, 7) is 3.97. The van der Waals surface area contributed by atoms with Crippen LogP contribution in [0.3, 0.4) is 0 Å². The maximum absolute atomic E-state index is 11.2. The van der Waals surface area contributed by atoms with Gasteiger partial charge < -0.3 is 9.84 Å². The summed E-state index contributed by atoms with van der Waals surface area (Å²) in [6.07, 6.45) is 0.706. The van der Waals surface area contributed by atoms with Gasteiger partial charge in [-0.2, -0.15) is 0 Å². The number of carbonyl (C=O) groups is 1. The average Bonchev–Trinajstić information content (AvgIpc) is 2.29. The minimum absolute atomic E-state index is 0.167. The molecule has 1 unspecified atom stereocenters. The van der Waals surface area contributed by atoms with Crippen LogP contribution in [-0.4, -0.2) is 23.8 Å². The fourth-order valence-electron chi connectivity index (χ4n) is 1.60. The number of aliphatic hydroxyl groups excluding tert-OH is 1. The third-order valence-corrected chi connectivity index (χ3v) is 2.68. The molecule has 64 valence electrons. The lowest BCUT2D eigenvalue weighted by molar-refractivity contribution is -0.147. The number of rotatable bonds is 2. The van der Waals surface area contributed by atoms with Crippen LogP contribution in [0.25, 0.3) is 0 Å². The molecule has 0 aromatic heterocycles. The first-order chi connectivity index (χ1) is 5.17. The van der Waals surface area contributed by atoms with Crippen LogP contribution in [0.1, 0.15) is 26.7 Å². The summed E-state index contributed by atoms with van der Waals surface area (Å²) in [6, 6.07) is 0. The minimum Gasteiger partial charge on any atom is -0.462 e. The standard InChI is InChI=1S/C8H14O3/c1-3-8(4-2)6(9)5-11-7(8)10/h6,9H,3-5H2,1-2H3. The highest BCUT2D eigenvalue weighted by molar-refractivity contribution is 5.79. The molecule has 3 nitrogen and oxygen atoms in total. The predicted molar refractivity (Wildman–Crippen MR) is 40.0 cm³/mol. The van der Waals surface area contributed by atoms with E-state index in [9.17, 15) is 9.90 Å². The SMILES string of the molecule is CCC1(CC)C(=O)OCC1O. The fraction of sp³-hybridized carbons (Fsp3) is 0.875. The first-order valence-electron chi connectivity index (χ1n) is 4.02. The van der Waals surface area contributed by atoms with Gasteiger partial charge in [0.1, 0.15) is 12.7 Å². The summed E-state index contributed by atoms with van der Waals surface area (Å²) in [7, 11) is 0. The van der Waals surface area contributed by atoms with Crippen molar-refractivity contribution in [3.63, 3.8) is 0 Å². The highest BCUT2D eigenvalue weighted by Crippen LogP contribution is 2.36.